The molecule has 2 aromatic carbocycles. The summed E-state index contributed by atoms with van der Waals surface area (Å²) < 4.78 is 30.7. The molecule has 0 bridgehead atoms. The van der Waals surface area contributed by atoms with Crippen molar-refractivity contribution in [1.29, 1.82) is 0 Å². The Morgan fingerprint density at radius 2 is 1.90 bits per heavy atom. The standard InChI is InChI=1S/C22H28N2O4S/c1-16(2)15-28-19-9-7-17(8-10-19)13-22(25)23-21-6-4-5-18-14-24(29(3,26)27)12-11-20(18)21/h4-10,16H,11-15H2,1-3H3,(H,23,25). The summed E-state index contributed by atoms with van der Waals surface area (Å²) in [4.78, 5) is 12.5. The van der Waals surface area contributed by atoms with Crippen molar-refractivity contribution in [2.24, 2.45) is 5.92 Å². The lowest BCUT2D eigenvalue weighted by molar-refractivity contribution is -0.115. The maximum Gasteiger partial charge on any atom is 0.228 e. The summed E-state index contributed by atoms with van der Waals surface area (Å²) in [6, 6.07) is 13.2. The molecular weight excluding hydrogens is 388 g/mol. The van der Waals surface area contributed by atoms with Gasteiger partial charge in [-0.15, -0.1) is 0 Å². The first-order valence-electron chi connectivity index (χ1n) is 9.80. The van der Waals surface area contributed by atoms with Crippen LogP contribution in [0.4, 0.5) is 5.69 Å². The number of hydrogen-bond donors (Lipinski definition) is 1. The quantitative estimate of drug-likeness (QED) is 0.752. The zero-order chi connectivity index (χ0) is 21.0. The van der Waals surface area contributed by atoms with Gasteiger partial charge in [-0.1, -0.05) is 38.1 Å². The lowest BCUT2D eigenvalue weighted by Crippen LogP contribution is -2.35. The number of sulfonamides is 1. The molecule has 7 heteroatoms. The van der Waals surface area contributed by atoms with Gasteiger partial charge < -0.3 is 10.1 Å². The van der Waals surface area contributed by atoms with Crippen LogP contribution < -0.4 is 10.1 Å². The molecule has 0 atom stereocenters. The second kappa shape index (κ2) is 8.97. The minimum Gasteiger partial charge on any atom is -0.493 e. The van der Waals surface area contributed by atoms with Gasteiger partial charge in [0.2, 0.25) is 15.9 Å². The summed E-state index contributed by atoms with van der Waals surface area (Å²) >= 11 is 0. The normalized spacial score (nSPS) is 14.5. The Kier molecular flexibility index (Phi) is 6.59. The molecule has 1 aliphatic rings. The smallest absolute Gasteiger partial charge is 0.228 e. The van der Waals surface area contributed by atoms with Gasteiger partial charge >= 0.3 is 0 Å². The Labute approximate surface area is 172 Å². The molecule has 0 saturated heterocycles. The summed E-state index contributed by atoms with van der Waals surface area (Å²) in [7, 11) is -3.22. The van der Waals surface area contributed by atoms with Crippen LogP contribution in [0.25, 0.3) is 0 Å². The fraction of sp³-hybridized carbons (Fsp3) is 0.409. The number of fused-ring (bicyclic) bond motifs is 1. The highest BCUT2D eigenvalue weighted by atomic mass is 32.2. The molecule has 1 heterocycles. The first-order valence-corrected chi connectivity index (χ1v) is 11.6. The Hall–Kier alpha value is -2.38. The van der Waals surface area contributed by atoms with E-state index >= 15 is 0 Å². The molecule has 156 valence electrons. The highest BCUT2D eigenvalue weighted by Crippen LogP contribution is 2.27. The van der Waals surface area contributed by atoms with Gasteiger partial charge in [-0.2, -0.15) is 4.31 Å². The van der Waals surface area contributed by atoms with Crippen LogP contribution in [0.3, 0.4) is 0 Å². The van der Waals surface area contributed by atoms with Crippen LogP contribution in [0.2, 0.25) is 0 Å². The van der Waals surface area contributed by atoms with Crippen molar-refractivity contribution in [3.05, 3.63) is 59.2 Å². The SMILES string of the molecule is CC(C)COc1ccc(CC(=O)Nc2cccc3c2CCN(S(C)(=O)=O)C3)cc1. The predicted molar refractivity (Wildman–Crippen MR) is 115 cm³/mol. The van der Waals surface area contributed by atoms with Crippen LogP contribution in [0.15, 0.2) is 42.5 Å². The number of ether oxygens (including phenoxy) is 1. The molecule has 2 aromatic rings. The van der Waals surface area contributed by atoms with Crippen LogP contribution in [-0.2, 0) is 34.2 Å². The topological polar surface area (TPSA) is 75.7 Å². The average molecular weight is 417 g/mol. The average Bonchev–Trinajstić information content (AvgIpc) is 2.66. The molecule has 0 saturated carbocycles. The van der Waals surface area contributed by atoms with E-state index < -0.39 is 10.0 Å². The summed E-state index contributed by atoms with van der Waals surface area (Å²) in [6.07, 6.45) is 2.08. The van der Waals surface area contributed by atoms with E-state index in [1.54, 1.807) is 0 Å². The summed E-state index contributed by atoms with van der Waals surface area (Å²) in [5.41, 5.74) is 3.62. The molecule has 3 rings (SSSR count). The highest BCUT2D eigenvalue weighted by Gasteiger charge is 2.24. The molecule has 0 unspecified atom stereocenters. The fourth-order valence-electron chi connectivity index (χ4n) is 3.33. The minimum absolute atomic E-state index is 0.0974. The lowest BCUT2D eigenvalue weighted by Gasteiger charge is -2.28. The van der Waals surface area contributed by atoms with Crippen molar-refractivity contribution < 1.29 is 17.9 Å². The number of nitrogens with zero attached hydrogens (tertiary/aromatic N) is 1. The Balaban J connectivity index is 1.63. The molecule has 29 heavy (non-hydrogen) atoms. The first-order chi connectivity index (χ1) is 13.7. The van der Waals surface area contributed by atoms with Gasteiger partial charge in [-0.25, -0.2) is 8.42 Å². The van der Waals surface area contributed by atoms with E-state index in [0.717, 1.165) is 28.1 Å². The third-order valence-corrected chi connectivity index (χ3v) is 6.10. The molecule has 6 nitrogen and oxygen atoms in total. The Morgan fingerprint density at radius 1 is 1.17 bits per heavy atom. The van der Waals surface area contributed by atoms with Crippen molar-refractivity contribution >= 4 is 21.6 Å². The van der Waals surface area contributed by atoms with E-state index in [2.05, 4.69) is 19.2 Å². The summed E-state index contributed by atoms with van der Waals surface area (Å²) in [5.74, 6) is 1.16. The molecule has 0 fully saturated rings. The van der Waals surface area contributed by atoms with E-state index in [-0.39, 0.29) is 12.3 Å². The van der Waals surface area contributed by atoms with Gasteiger partial charge in [0.1, 0.15) is 5.75 Å². The molecule has 1 N–H and O–H groups in total. The number of hydrogen-bond acceptors (Lipinski definition) is 4. The van der Waals surface area contributed by atoms with Crippen molar-refractivity contribution in [2.75, 3.05) is 24.7 Å². The molecule has 1 amide bonds. The molecule has 0 spiro atoms. The highest BCUT2D eigenvalue weighted by molar-refractivity contribution is 7.88. The third kappa shape index (κ3) is 5.81. The van der Waals surface area contributed by atoms with Gasteiger partial charge in [0.15, 0.2) is 0 Å². The maximum atomic E-state index is 12.5. The Bertz CT molecular complexity index is 969. The summed E-state index contributed by atoms with van der Waals surface area (Å²) in [6.45, 7) is 5.63. The number of amides is 1. The van der Waals surface area contributed by atoms with Crippen molar-refractivity contribution in [3.8, 4) is 5.75 Å². The lowest BCUT2D eigenvalue weighted by atomic mass is 9.99. The molecule has 0 aromatic heterocycles. The monoisotopic (exact) mass is 416 g/mol. The molecule has 1 aliphatic heterocycles. The number of carbonyl (C=O) groups excluding carboxylic acids is 1. The molecule has 0 aliphatic carbocycles. The zero-order valence-corrected chi connectivity index (χ0v) is 18.0. The third-order valence-electron chi connectivity index (χ3n) is 4.85. The maximum absolute atomic E-state index is 12.5. The number of benzene rings is 2. The van der Waals surface area contributed by atoms with Crippen LogP contribution in [0.5, 0.6) is 5.75 Å². The van der Waals surface area contributed by atoms with E-state index in [0.29, 0.717) is 32.0 Å². The molecule has 0 radical (unpaired) electrons. The fourth-order valence-corrected chi connectivity index (χ4v) is 4.13. The zero-order valence-electron chi connectivity index (χ0n) is 17.1. The van der Waals surface area contributed by atoms with Crippen LogP contribution >= 0.6 is 0 Å². The number of anilines is 1. The first kappa shape index (κ1) is 21.3. The van der Waals surface area contributed by atoms with Gasteiger partial charge in [-0.3, -0.25) is 4.79 Å². The minimum atomic E-state index is -3.22. The van der Waals surface area contributed by atoms with Crippen LogP contribution in [0, 0.1) is 5.92 Å². The van der Waals surface area contributed by atoms with E-state index in [1.807, 2.05) is 42.5 Å². The summed E-state index contributed by atoms with van der Waals surface area (Å²) in [5, 5.41) is 2.99. The second-order valence-electron chi connectivity index (χ2n) is 7.86. The Morgan fingerprint density at radius 3 is 2.55 bits per heavy atom. The van der Waals surface area contributed by atoms with Gasteiger partial charge in [0.25, 0.3) is 0 Å². The van der Waals surface area contributed by atoms with Crippen molar-refractivity contribution in [3.63, 3.8) is 0 Å². The number of nitrogens with one attached hydrogen (secondary N) is 1. The predicted octanol–water partition coefficient (Wildman–Crippen LogP) is 3.22. The van der Waals surface area contributed by atoms with Gasteiger partial charge in [0.05, 0.1) is 19.3 Å². The number of carbonyl (C=O) groups is 1. The van der Waals surface area contributed by atoms with Crippen LogP contribution in [0.1, 0.15) is 30.5 Å². The van der Waals surface area contributed by atoms with Crippen molar-refractivity contribution in [2.45, 2.75) is 33.2 Å². The van der Waals surface area contributed by atoms with E-state index in [4.69, 9.17) is 4.74 Å². The van der Waals surface area contributed by atoms with E-state index in [9.17, 15) is 13.2 Å². The number of rotatable bonds is 7. The van der Waals surface area contributed by atoms with Crippen molar-refractivity contribution in [1.82, 2.24) is 4.31 Å². The molecular formula is C22H28N2O4S. The second-order valence-corrected chi connectivity index (χ2v) is 9.85. The van der Waals surface area contributed by atoms with E-state index in [1.165, 1.54) is 10.6 Å². The van der Waals surface area contributed by atoms with Gasteiger partial charge in [-0.05, 0) is 47.2 Å². The largest absolute Gasteiger partial charge is 0.493 e. The van der Waals surface area contributed by atoms with Crippen LogP contribution in [-0.4, -0.2) is 38.0 Å². The van der Waals surface area contributed by atoms with Gasteiger partial charge in [0, 0.05) is 18.8 Å².